The molecule has 0 aromatic heterocycles. The Morgan fingerprint density at radius 1 is 0.500 bits per heavy atom. The van der Waals surface area contributed by atoms with Crippen LogP contribution in [0.2, 0.25) is 0 Å². The van der Waals surface area contributed by atoms with E-state index in [-0.39, 0.29) is 11.6 Å². The molecule has 0 fully saturated rings. The SMILES string of the molecule is C(=Cc1ccccc1)c1ccccc1.O=C1C=CC(=O)C=C1. The zero-order valence-electron chi connectivity index (χ0n) is 12.1. The van der Waals surface area contributed by atoms with Gasteiger partial charge in [0, 0.05) is 0 Å². The molecule has 0 unspecified atom stereocenters. The van der Waals surface area contributed by atoms with Crippen molar-refractivity contribution in [3.8, 4) is 0 Å². The normalized spacial score (nSPS) is 13.1. The number of carbonyl (C=O) groups is 2. The molecule has 0 radical (unpaired) electrons. The average Bonchev–Trinajstić information content (AvgIpc) is 2.58. The van der Waals surface area contributed by atoms with Crippen LogP contribution in [0.1, 0.15) is 11.1 Å². The smallest absolute Gasteiger partial charge is 0.178 e. The first-order chi connectivity index (χ1) is 10.7. The standard InChI is InChI=1S/C14H12.C6H4O2/c1-3-7-13(8-4-1)11-12-14-9-5-2-6-10-14;7-5-1-2-6(8)4-3-5/h1-12H;1-4H. The largest absolute Gasteiger partial charge is 0.290 e. The molecule has 0 saturated carbocycles. The van der Waals surface area contributed by atoms with Crippen molar-refractivity contribution in [2.75, 3.05) is 0 Å². The molecule has 0 N–H and O–H groups in total. The number of hydrogen-bond donors (Lipinski definition) is 0. The Balaban J connectivity index is 0.000000188. The molecule has 2 heteroatoms. The van der Waals surface area contributed by atoms with Crippen molar-refractivity contribution in [1.82, 2.24) is 0 Å². The molecule has 0 saturated heterocycles. The number of ketones is 2. The van der Waals surface area contributed by atoms with Gasteiger partial charge in [0.15, 0.2) is 11.6 Å². The number of hydrogen-bond acceptors (Lipinski definition) is 2. The van der Waals surface area contributed by atoms with Crippen molar-refractivity contribution in [3.63, 3.8) is 0 Å². The van der Waals surface area contributed by atoms with Gasteiger partial charge < -0.3 is 0 Å². The lowest BCUT2D eigenvalue weighted by molar-refractivity contribution is -0.113. The molecule has 0 heterocycles. The van der Waals surface area contributed by atoms with Crippen LogP contribution >= 0.6 is 0 Å². The lowest BCUT2D eigenvalue weighted by atomic mass is 10.1. The number of rotatable bonds is 2. The maximum absolute atomic E-state index is 10.3. The molecule has 22 heavy (non-hydrogen) atoms. The summed E-state index contributed by atoms with van der Waals surface area (Å²) in [5, 5.41) is 0. The van der Waals surface area contributed by atoms with Gasteiger partial charge >= 0.3 is 0 Å². The maximum atomic E-state index is 10.3. The first kappa shape index (κ1) is 15.4. The Morgan fingerprint density at radius 3 is 1.14 bits per heavy atom. The summed E-state index contributed by atoms with van der Waals surface area (Å²) < 4.78 is 0. The number of carbonyl (C=O) groups excluding carboxylic acids is 2. The zero-order valence-corrected chi connectivity index (χ0v) is 12.1. The number of benzene rings is 2. The molecule has 3 rings (SSSR count). The second-order valence-electron chi connectivity index (χ2n) is 4.63. The monoisotopic (exact) mass is 288 g/mol. The van der Waals surface area contributed by atoms with Crippen LogP contribution in [0.5, 0.6) is 0 Å². The van der Waals surface area contributed by atoms with Gasteiger partial charge in [0.05, 0.1) is 0 Å². The van der Waals surface area contributed by atoms with Crippen LogP contribution in [-0.4, -0.2) is 11.6 Å². The van der Waals surface area contributed by atoms with Crippen molar-refractivity contribution < 1.29 is 9.59 Å². The van der Waals surface area contributed by atoms with Gasteiger partial charge in [0.25, 0.3) is 0 Å². The average molecular weight is 288 g/mol. The molecule has 2 aromatic rings. The molecular weight excluding hydrogens is 272 g/mol. The van der Waals surface area contributed by atoms with Crippen LogP contribution in [0.25, 0.3) is 12.2 Å². The summed E-state index contributed by atoms with van der Waals surface area (Å²) in [6.45, 7) is 0. The van der Waals surface area contributed by atoms with Crippen LogP contribution in [0.3, 0.4) is 0 Å². The molecule has 1 aliphatic carbocycles. The highest BCUT2D eigenvalue weighted by Gasteiger charge is 1.97. The Labute approximate surface area is 130 Å². The Morgan fingerprint density at radius 2 is 0.818 bits per heavy atom. The Hall–Kier alpha value is -3.00. The van der Waals surface area contributed by atoms with Crippen molar-refractivity contribution in [2.24, 2.45) is 0 Å². The van der Waals surface area contributed by atoms with E-state index >= 15 is 0 Å². The van der Waals surface area contributed by atoms with Crippen LogP contribution in [-0.2, 0) is 9.59 Å². The highest BCUT2D eigenvalue weighted by atomic mass is 16.1. The highest BCUT2D eigenvalue weighted by Crippen LogP contribution is 2.06. The quantitative estimate of drug-likeness (QED) is 0.615. The van der Waals surface area contributed by atoms with Crippen LogP contribution in [0.15, 0.2) is 85.0 Å². The van der Waals surface area contributed by atoms with Gasteiger partial charge in [-0.25, -0.2) is 0 Å². The summed E-state index contributed by atoms with van der Waals surface area (Å²) in [7, 11) is 0. The van der Waals surface area contributed by atoms with E-state index in [2.05, 4.69) is 36.4 Å². The van der Waals surface area contributed by atoms with Gasteiger partial charge in [-0.3, -0.25) is 9.59 Å². The molecule has 0 bridgehead atoms. The molecule has 0 aliphatic heterocycles. The van der Waals surface area contributed by atoms with Crippen LogP contribution in [0.4, 0.5) is 0 Å². The van der Waals surface area contributed by atoms with Crippen LogP contribution in [0, 0.1) is 0 Å². The fourth-order valence-corrected chi connectivity index (χ4v) is 1.76. The van der Waals surface area contributed by atoms with Gasteiger partial charge in [-0.2, -0.15) is 0 Å². The summed E-state index contributed by atoms with van der Waals surface area (Å²) >= 11 is 0. The molecule has 2 aromatic carbocycles. The molecule has 0 spiro atoms. The molecule has 1 aliphatic rings. The summed E-state index contributed by atoms with van der Waals surface area (Å²) in [6, 6.07) is 20.6. The minimum absolute atomic E-state index is 0.121. The summed E-state index contributed by atoms with van der Waals surface area (Å²) in [4.78, 5) is 20.6. The highest BCUT2D eigenvalue weighted by molar-refractivity contribution is 6.14. The molecular formula is C20H16O2. The first-order valence-corrected chi connectivity index (χ1v) is 6.96. The van der Waals surface area contributed by atoms with E-state index in [9.17, 15) is 9.59 Å². The van der Waals surface area contributed by atoms with E-state index in [4.69, 9.17) is 0 Å². The molecule has 108 valence electrons. The summed E-state index contributed by atoms with van der Waals surface area (Å²) in [6.07, 6.45) is 9.25. The van der Waals surface area contributed by atoms with E-state index < -0.39 is 0 Å². The number of allylic oxidation sites excluding steroid dienone is 4. The van der Waals surface area contributed by atoms with Gasteiger partial charge in [0.1, 0.15) is 0 Å². The second kappa shape index (κ2) is 8.32. The van der Waals surface area contributed by atoms with E-state index in [1.54, 1.807) is 0 Å². The Kier molecular flexibility index (Phi) is 5.82. The van der Waals surface area contributed by atoms with E-state index in [1.807, 2.05) is 36.4 Å². The third-order valence-corrected chi connectivity index (χ3v) is 2.89. The fraction of sp³-hybridized carbons (Fsp3) is 0. The lowest BCUT2D eigenvalue weighted by Gasteiger charge is -1.92. The zero-order chi connectivity index (χ0) is 15.6. The van der Waals surface area contributed by atoms with Crippen LogP contribution < -0.4 is 0 Å². The molecule has 2 nitrogen and oxygen atoms in total. The van der Waals surface area contributed by atoms with Gasteiger partial charge in [-0.15, -0.1) is 0 Å². The minimum Gasteiger partial charge on any atom is -0.290 e. The first-order valence-electron chi connectivity index (χ1n) is 6.96. The van der Waals surface area contributed by atoms with Crippen molar-refractivity contribution in [2.45, 2.75) is 0 Å². The summed E-state index contributed by atoms with van der Waals surface area (Å²) in [5.74, 6) is -0.241. The van der Waals surface area contributed by atoms with Crippen molar-refractivity contribution >= 4 is 23.7 Å². The van der Waals surface area contributed by atoms with E-state index in [0.717, 1.165) is 0 Å². The molecule has 0 atom stereocenters. The van der Waals surface area contributed by atoms with E-state index in [1.165, 1.54) is 35.4 Å². The summed E-state index contributed by atoms with van der Waals surface area (Å²) in [5.41, 5.74) is 2.47. The van der Waals surface area contributed by atoms with Gasteiger partial charge in [0.2, 0.25) is 0 Å². The molecule has 0 amide bonds. The van der Waals surface area contributed by atoms with Gasteiger partial charge in [-0.1, -0.05) is 72.8 Å². The fourth-order valence-electron chi connectivity index (χ4n) is 1.76. The predicted molar refractivity (Wildman–Crippen MR) is 90.1 cm³/mol. The van der Waals surface area contributed by atoms with E-state index in [0.29, 0.717) is 0 Å². The van der Waals surface area contributed by atoms with Crippen molar-refractivity contribution in [3.05, 3.63) is 96.1 Å². The second-order valence-corrected chi connectivity index (χ2v) is 4.63. The third kappa shape index (κ3) is 5.55. The lowest BCUT2D eigenvalue weighted by Crippen LogP contribution is -1.97. The van der Waals surface area contributed by atoms with Crippen molar-refractivity contribution in [1.29, 1.82) is 0 Å². The predicted octanol–water partition coefficient (Wildman–Crippen LogP) is 4.11. The Bertz CT molecular complexity index is 628. The third-order valence-electron chi connectivity index (χ3n) is 2.89. The van der Waals surface area contributed by atoms with Gasteiger partial charge in [-0.05, 0) is 35.4 Å². The topological polar surface area (TPSA) is 34.1 Å². The minimum atomic E-state index is -0.121. The maximum Gasteiger partial charge on any atom is 0.178 e.